The number of aliphatic imine (C=N–C) groups is 1. The van der Waals surface area contributed by atoms with Gasteiger partial charge in [0.15, 0.2) is 0 Å². The standard InChI is InChI=1S/C20H25N3/c1-3-16-5-7-17(8-6-16)15-22-19-11-9-18(10-12-19)20-21-13-4-14-23(20)2/h5-12,22H,3-4,13-15H2,1-2H3. The summed E-state index contributed by atoms with van der Waals surface area (Å²) in [7, 11) is 2.12. The minimum Gasteiger partial charge on any atom is -0.381 e. The average Bonchev–Trinajstić information content (AvgIpc) is 2.61. The van der Waals surface area contributed by atoms with E-state index in [0.29, 0.717) is 0 Å². The summed E-state index contributed by atoms with van der Waals surface area (Å²) in [6.07, 6.45) is 2.24. The molecule has 120 valence electrons. The molecule has 1 N–H and O–H groups in total. The third kappa shape index (κ3) is 3.92. The molecule has 0 unspecified atom stereocenters. The fraction of sp³-hybridized carbons (Fsp3) is 0.350. The number of benzene rings is 2. The molecule has 1 aliphatic heterocycles. The van der Waals surface area contributed by atoms with Gasteiger partial charge in [0.2, 0.25) is 0 Å². The summed E-state index contributed by atoms with van der Waals surface area (Å²) in [6, 6.07) is 17.4. The molecular weight excluding hydrogens is 282 g/mol. The number of aryl methyl sites for hydroxylation is 1. The molecule has 0 aromatic heterocycles. The molecule has 0 saturated heterocycles. The van der Waals surface area contributed by atoms with Gasteiger partial charge in [-0.25, -0.2) is 0 Å². The zero-order valence-electron chi connectivity index (χ0n) is 14.0. The molecule has 0 radical (unpaired) electrons. The lowest BCUT2D eigenvalue weighted by molar-refractivity contribution is 0.468. The Morgan fingerprint density at radius 1 is 1.00 bits per heavy atom. The monoisotopic (exact) mass is 307 g/mol. The highest BCUT2D eigenvalue weighted by molar-refractivity contribution is 5.99. The van der Waals surface area contributed by atoms with Crippen LogP contribution in [0.2, 0.25) is 0 Å². The maximum Gasteiger partial charge on any atom is 0.130 e. The van der Waals surface area contributed by atoms with Gasteiger partial charge in [-0.2, -0.15) is 0 Å². The van der Waals surface area contributed by atoms with E-state index in [1.54, 1.807) is 0 Å². The van der Waals surface area contributed by atoms with Crippen molar-refractivity contribution in [2.24, 2.45) is 4.99 Å². The quantitative estimate of drug-likeness (QED) is 0.906. The zero-order chi connectivity index (χ0) is 16.1. The van der Waals surface area contributed by atoms with Crippen LogP contribution in [0.5, 0.6) is 0 Å². The van der Waals surface area contributed by atoms with Gasteiger partial charge < -0.3 is 10.2 Å². The van der Waals surface area contributed by atoms with E-state index in [4.69, 9.17) is 0 Å². The average molecular weight is 307 g/mol. The van der Waals surface area contributed by atoms with Crippen molar-refractivity contribution in [1.82, 2.24) is 4.90 Å². The van der Waals surface area contributed by atoms with E-state index in [9.17, 15) is 0 Å². The maximum atomic E-state index is 4.64. The first kappa shape index (κ1) is 15.6. The van der Waals surface area contributed by atoms with E-state index in [0.717, 1.165) is 44.0 Å². The van der Waals surface area contributed by atoms with Crippen LogP contribution in [0.1, 0.15) is 30.0 Å². The number of nitrogens with one attached hydrogen (secondary N) is 1. The molecule has 1 aliphatic rings. The molecule has 3 heteroatoms. The van der Waals surface area contributed by atoms with Gasteiger partial charge in [-0.1, -0.05) is 31.2 Å². The van der Waals surface area contributed by atoms with E-state index >= 15 is 0 Å². The molecule has 0 atom stereocenters. The minimum absolute atomic E-state index is 0.851. The molecule has 0 aliphatic carbocycles. The Kier molecular flexibility index (Phi) is 4.96. The molecule has 23 heavy (non-hydrogen) atoms. The molecule has 0 amide bonds. The minimum atomic E-state index is 0.851. The van der Waals surface area contributed by atoms with E-state index in [2.05, 4.69) is 77.7 Å². The van der Waals surface area contributed by atoms with E-state index in [-0.39, 0.29) is 0 Å². The van der Waals surface area contributed by atoms with Crippen LogP contribution in [-0.4, -0.2) is 30.9 Å². The van der Waals surface area contributed by atoms with Crippen molar-refractivity contribution in [3.8, 4) is 0 Å². The van der Waals surface area contributed by atoms with Crippen molar-refractivity contribution in [2.75, 3.05) is 25.5 Å². The van der Waals surface area contributed by atoms with Crippen molar-refractivity contribution >= 4 is 11.5 Å². The topological polar surface area (TPSA) is 27.6 Å². The second-order valence-corrected chi connectivity index (χ2v) is 6.08. The SMILES string of the molecule is CCc1ccc(CNc2ccc(C3=NCCCN3C)cc2)cc1. The highest BCUT2D eigenvalue weighted by Crippen LogP contribution is 2.15. The molecule has 1 heterocycles. The van der Waals surface area contributed by atoms with E-state index in [1.165, 1.54) is 16.7 Å². The van der Waals surface area contributed by atoms with Gasteiger partial charge in [0.05, 0.1) is 0 Å². The molecule has 3 nitrogen and oxygen atoms in total. The van der Waals surface area contributed by atoms with Gasteiger partial charge in [0.25, 0.3) is 0 Å². The maximum absolute atomic E-state index is 4.64. The van der Waals surface area contributed by atoms with Crippen LogP contribution >= 0.6 is 0 Å². The lowest BCUT2D eigenvalue weighted by Gasteiger charge is -2.25. The first-order chi connectivity index (χ1) is 11.3. The fourth-order valence-electron chi connectivity index (χ4n) is 2.87. The normalized spacial score (nSPS) is 14.5. The summed E-state index contributed by atoms with van der Waals surface area (Å²) >= 11 is 0. The van der Waals surface area contributed by atoms with Gasteiger partial charge in [0, 0.05) is 37.9 Å². The molecular formula is C20H25N3. The lowest BCUT2D eigenvalue weighted by Crippen LogP contribution is -2.32. The number of nitrogens with zero attached hydrogens (tertiary/aromatic N) is 2. The van der Waals surface area contributed by atoms with E-state index < -0.39 is 0 Å². The second-order valence-electron chi connectivity index (χ2n) is 6.08. The Balaban J connectivity index is 1.62. The Morgan fingerprint density at radius 3 is 2.35 bits per heavy atom. The highest BCUT2D eigenvalue weighted by Gasteiger charge is 2.12. The summed E-state index contributed by atoms with van der Waals surface area (Å²) in [4.78, 5) is 6.88. The predicted molar refractivity (Wildman–Crippen MR) is 98.2 cm³/mol. The number of amidine groups is 1. The number of anilines is 1. The second kappa shape index (κ2) is 7.32. The molecule has 0 fully saturated rings. The highest BCUT2D eigenvalue weighted by atomic mass is 15.2. The molecule has 0 saturated carbocycles. The fourth-order valence-corrected chi connectivity index (χ4v) is 2.87. The number of hydrogen-bond donors (Lipinski definition) is 1. The number of rotatable bonds is 5. The summed E-state index contributed by atoms with van der Waals surface area (Å²) in [6.45, 7) is 5.06. The molecule has 2 aromatic carbocycles. The van der Waals surface area contributed by atoms with Gasteiger partial charge in [-0.3, -0.25) is 4.99 Å². The molecule has 2 aromatic rings. The Hall–Kier alpha value is -2.29. The third-order valence-corrected chi connectivity index (χ3v) is 4.35. The molecule has 0 bridgehead atoms. The molecule has 0 spiro atoms. The van der Waals surface area contributed by atoms with Gasteiger partial charge in [-0.05, 0) is 48.2 Å². The van der Waals surface area contributed by atoms with Crippen LogP contribution in [0.25, 0.3) is 0 Å². The van der Waals surface area contributed by atoms with Crippen molar-refractivity contribution < 1.29 is 0 Å². The van der Waals surface area contributed by atoms with Crippen molar-refractivity contribution in [3.05, 3.63) is 65.2 Å². The summed E-state index contributed by atoms with van der Waals surface area (Å²) in [5.41, 5.74) is 5.04. The van der Waals surface area contributed by atoms with Crippen molar-refractivity contribution in [2.45, 2.75) is 26.3 Å². The lowest BCUT2D eigenvalue weighted by atomic mass is 10.1. The van der Waals surface area contributed by atoms with Crippen molar-refractivity contribution in [1.29, 1.82) is 0 Å². The largest absolute Gasteiger partial charge is 0.381 e. The van der Waals surface area contributed by atoms with Crippen LogP contribution in [-0.2, 0) is 13.0 Å². The van der Waals surface area contributed by atoms with Crippen molar-refractivity contribution in [3.63, 3.8) is 0 Å². The van der Waals surface area contributed by atoms with Crippen LogP contribution < -0.4 is 5.32 Å². The Morgan fingerprint density at radius 2 is 1.70 bits per heavy atom. The van der Waals surface area contributed by atoms with Gasteiger partial charge >= 0.3 is 0 Å². The molecule has 3 rings (SSSR count). The first-order valence-electron chi connectivity index (χ1n) is 8.44. The Labute approximate surface area is 139 Å². The summed E-state index contributed by atoms with van der Waals surface area (Å²) in [5, 5.41) is 3.49. The zero-order valence-corrected chi connectivity index (χ0v) is 14.0. The van der Waals surface area contributed by atoms with Gasteiger partial charge in [-0.15, -0.1) is 0 Å². The third-order valence-electron chi connectivity index (χ3n) is 4.35. The van der Waals surface area contributed by atoms with Crippen LogP contribution in [0.15, 0.2) is 53.5 Å². The summed E-state index contributed by atoms with van der Waals surface area (Å²) in [5.74, 6) is 1.11. The van der Waals surface area contributed by atoms with Crippen LogP contribution in [0.4, 0.5) is 5.69 Å². The van der Waals surface area contributed by atoms with Crippen LogP contribution in [0, 0.1) is 0 Å². The van der Waals surface area contributed by atoms with E-state index in [1.807, 2.05) is 0 Å². The Bertz CT molecular complexity index is 656. The predicted octanol–water partition coefficient (Wildman–Crippen LogP) is 3.94. The number of hydrogen-bond acceptors (Lipinski definition) is 3. The summed E-state index contributed by atoms with van der Waals surface area (Å²) < 4.78 is 0. The smallest absolute Gasteiger partial charge is 0.130 e. The first-order valence-corrected chi connectivity index (χ1v) is 8.44. The van der Waals surface area contributed by atoms with Crippen LogP contribution in [0.3, 0.4) is 0 Å². The van der Waals surface area contributed by atoms with Gasteiger partial charge in [0.1, 0.15) is 5.84 Å².